The first-order valence-electron chi connectivity index (χ1n) is 24.8. The minimum Gasteiger partial charge on any atom is -0.494 e. The number of aliphatic hydroxyl groups is 1. The molecule has 2 bridgehead atoms. The fraction of sp³-hybridized carbons (Fsp3) is 0.386. The van der Waals surface area contributed by atoms with Crippen molar-refractivity contribution in [1.29, 1.82) is 0 Å². The standard InChI is InChI=1S/C57H68N4O8Si/c1-56(2,3)70(4,5)69-50(47-26-28-49(53-48(47)27-29-52(62)60-53)67-39-40-16-9-6-10-17-40)37-58-32-13-8-14-35-66-46-24-22-42(23-25-46)54(63)59-45-21-15-20-44(36-45)57(65,43-18-11-7-12-19-43)55(64)68-51-38-61-33-30-41(51)31-34-61/h6-7,9-12,15-29,36,41,50-51,58,65H,8,13-14,30-35,37-39H2,1-5H3,(H,59,63)(H,60,62). The van der Waals surface area contributed by atoms with Gasteiger partial charge in [0, 0.05) is 41.4 Å². The van der Waals surface area contributed by atoms with Crippen LogP contribution in [0, 0.1) is 5.92 Å². The fourth-order valence-corrected chi connectivity index (χ4v) is 10.4. The van der Waals surface area contributed by atoms with Gasteiger partial charge in [-0.3, -0.25) is 14.5 Å². The van der Waals surface area contributed by atoms with E-state index in [-0.39, 0.29) is 34.6 Å². The van der Waals surface area contributed by atoms with Crippen molar-refractivity contribution in [1.82, 2.24) is 15.2 Å². The summed E-state index contributed by atoms with van der Waals surface area (Å²) in [6.45, 7) is 16.3. The molecule has 0 aliphatic carbocycles. The van der Waals surface area contributed by atoms with Gasteiger partial charge in [0.05, 0.1) is 18.2 Å². The lowest BCUT2D eigenvalue weighted by Gasteiger charge is -2.44. The van der Waals surface area contributed by atoms with Crippen molar-refractivity contribution in [2.45, 2.75) is 95.4 Å². The Morgan fingerprint density at radius 1 is 0.814 bits per heavy atom. The van der Waals surface area contributed by atoms with Crippen LogP contribution >= 0.6 is 0 Å². The number of pyridine rings is 1. The highest BCUT2D eigenvalue weighted by Crippen LogP contribution is 2.42. The molecule has 4 heterocycles. The van der Waals surface area contributed by atoms with Gasteiger partial charge in [-0.05, 0) is 141 Å². The molecule has 0 saturated carbocycles. The van der Waals surface area contributed by atoms with E-state index in [4.69, 9.17) is 18.6 Å². The monoisotopic (exact) mass is 964 g/mol. The topological polar surface area (TPSA) is 151 Å². The van der Waals surface area contributed by atoms with Crippen molar-refractivity contribution in [2.24, 2.45) is 5.92 Å². The maximum atomic E-state index is 14.0. The molecule has 13 heteroatoms. The molecule has 368 valence electrons. The lowest BCUT2D eigenvalue weighted by atomic mass is 9.84. The summed E-state index contributed by atoms with van der Waals surface area (Å²) >= 11 is 0. The number of hydrogen-bond donors (Lipinski definition) is 4. The Kier molecular flexibility index (Phi) is 16.0. The van der Waals surface area contributed by atoms with E-state index in [9.17, 15) is 19.5 Å². The first-order valence-corrected chi connectivity index (χ1v) is 27.7. The molecular formula is C57H68N4O8Si. The molecule has 3 saturated heterocycles. The largest absolute Gasteiger partial charge is 0.494 e. The minimum atomic E-state index is -2.20. The Morgan fingerprint density at radius 2 is 1.53 bits per heavy atom. The van der Waals surface area contributed by atoms with Crippen LogP contribution < -0.4 is 25.7 Å². The van der Waals surface area contributed by atoms with Crippen molar-refractivity contribution >= 4 is 36.8 Å². The van der Waals surface area contributed by atoms with Crippen LogP contribution in [0.25, 0.3) is 10.9 Å². The summed E-state index contributed by atoms with van der Waals surface area (Å²) in [5.74, 6) is 0.519. The number of ether oxygens (including phenoxy) is 3. The average molecular weight is 965 g/mol. The summed E-state index contributed by atoms with van der Waals surface area (Å²) in [5, 5.41) is 19.7. The zero-order valence-electron chi connectivity index (χ0n) is 41.2. The molecule has 4 N–H and O–H groups in total. The summed E-state index contributed by atoms with van der Waals surface area (Å²) in [5.41, 5.74) is 2.03. The number of carbonyl (C=O) groups is 2. The smallest absolute Gasteiger partial charge is 0.348 e. The number of unbranched alkanes of at least 4 members (excludes halogenated alkanes) is 2. The normalized spacial score (nSPS) is 18.2. The van der Waals surface area contributed by atoms with Gasteiger partial charge in [-0.2, -0.15) is 0 Å². The van der Waals surface area contributed by atoms with Gasteiger partial charge in [0.15, 0.2) is 8.32 Å². The number of anilines is 1. The molecule has 1 amide bonds. The highest BCUT2D eigenvalue weighted by Gasteiger charge is 2.46. The number of aromatic nitrogens is 1. The van der Waals surface area contributed by atoms with Gasteiger partial charge in [0.1, 0.15) is 24.2 Å². The number of esters is 1. The SMILES string of the molecule is CC(C)(C)[Si](C)(C)OC(CNCCCCCOc1ccc(C(=O)Nc2cccc(C(O)(C(=O)OC3CN4CCC3CC4)c3ccccc3)c2)cc1)c1ccc(OCc2ccccc2)c2[nH]c(=O)ccc12. The molecule has 0 radical (unpaired) electrons. The van der Waals surface area contributed by atoms with Crippen LogP contribution in [0.15, 0.2) is 138 Å². The van der Waals surface area contributed by atoms with E-state index in [2.05, 4.69) is 60.4 Å². The van der Waals surface area contributed by atoms with Gasteiger partial charge in [0.2, 0.25) is 11.2 Å². The maximum absolute atomic E-state index is 14.0. The third-order valence-electron chi connectivity index (χ3n) is 14.3. The summed E-state index contributed by atoms with van der Waals surface area (Å²) in [7, 11) is -2.20. The molecule has 3 fully saturated rings. The molecule has 3 aliphatic heterocycles. The van der Waals surface area contributed by atoms with Crippen molar-refractivity contribution in [2.75, 3.05) is 44.6 Å². The van der Waals surface area contributed by atoms with Crippen LogP contribution in [0.3, 0.4) is 0 Å². The third-order valence-corrected chi connectivity index (χ3v) is 18.8. The molecule has 70 heavy (non-hydrogen) atoms. The van der Waals surface area contributed by atoms with Crippen LogP contribution in [-0.2, 0) is 26.2 Å². The number of hydrogen-bond acceptors (Lipinski definition) is 10. The number of benzene rings is 5. The highest BCUT2D eigenvalue weighted by molar-refractivity contribution is 6.74. The maximum Gasteiger partial charge on any atom is 0.348 e. The number of piperidine rings is 3. The lowest BCUT2D eigenvalue weighted by Crippen LogP contribution is -2.53. The fourth-order valence-electron chi connectivity index (χ4n) is 9.16. The first kappa shape index (κ1) is 50.3. The molecule has 6 aromatic rings. The Morgan fingerprint density at radius 3 is 2.23 bits per heavy atom. The third kappa shape index (κ3) is 12.1. The number of fused-ring (bicyclic) bond motifs is 4. The zero-order chi connectivity index (χ0) is 49.3. The van der Waals surface area contributed by atoms with Crippen molar-refractivity contribution in [3.05, 3.63) is 172 Å². The number of nitrogens with one attached hydrogen (secondary N) is 3. The molecule has 12 nitrogen and oxygen atoms in total. The van der Waals surface area contributed by atoms with Gasteiger partial charge in [-0.15, -0.1) is 0 Å². The van der Waals surface area contributed by atoms with Gasteiger partial charge in [-0.1, -0.05) is 99.6 Å². The summed E-state index contributed by atoms with van der Waals surface area (Å²) < 4.78 is 25.5. The van der Waals surface area contributed by atoms with E-state index in [0.29, 0.717) is 65.7 Å². The van der Waals surface area contributed by atoms with E-state index >= 15 is 0 Å². The first-order chi connectivity index (χ1) is 33.7. The molecule has 0 spiro atoms. The number of H-pyrrole nitrogens is 1. The average Bonchev–Trinajstić information content (AvgIpc) is 3.36. The second kappa shape index (κ2) is 22.3. The molecule has 3 aliphatic rings. The van der Waals surface area contributed by atoms with E-state index < -0.39 is 19.9 Å². The molecule has 1 aromatic heterocycles. The Balaban J connectivity index is 0.824. The van der Waals surface area contributed by atoms with Crippen LogP contribution in [0.4, 0.5) is 5.69 Å². The summed E-state index contributed by atoms with van der Waals surface area (Å²) in [6, 6.07) is 40.0. The number of amides is 1. The van der Waals surface area contributed by atoms with E-state index in [0.717, 1.165) is 68.3 Å². The Hall–Kier alpha value is -6.09. The number of nitrogens with zero attached hydrogens (tertiary/aromatic N) is 1. The molecular weight excluding hydrogens is 897 g/mol. The second-order valence-electron chi connectivity index (χ2n) is 20.2. The van der Waals surface area contributed by atoms with Crippen LogP contribution in [0.5, 0.6) is 11.5 Å². The van der Waals surface area contributed by atoms with Crippen LogP contribution in [-0.4, -0.2) is 80.6 Å². The van der Waals surface area contributed by atoms with Crippen LogP contribution in [0.2, 0.25) is 18.1 Å². The van der Waals surface area contributed by atoms with E-state index in [1.54, 1.807) is 78.9 Å². The predicted molar refractivity (Wildman–Crippen MR) is 278 cm³/mol. The number of rotatable bonds is 21. The van der Waals surface area contributed by atoms with Gasteiger partial charge in [0.25, 0.3) is 5.91 Å². The van der Waals surface area contributed by atoms with Crippen LogP contribution in [0.1, 0.15) is 91.6 Å². The summed E-state index contributed by atoms with van der Waals surface area (Å²) in [6.07, 6.45) is 4.18. The quantitative estimate of drug-likeness (QED) is 0.0312. The Bertz CT molecular complexity index is 2750. The number of carbonyl (C=O) groups excluding carboxylic acids is 2. The number of aromatic amines is 1. The van der Waals surface area contributed by atoms with Crippen molar-refractivity contribution in [3.63, 3.8) is 0 Å². The minimum absolute atomic E-state index is 0.00202. The van der Waals surface area contributed by atoms with Crippen molar-refractivity contribution in [3.8, 4) is 11.5 Å². The zero-order valence-corrected chi connectivity index (χ0v) is 42.2. The molecule has 9 rings (SSSR count). The van der Waals surface area contributed by atoms with E-state index in [1.807, 2.05) is 48.5 Å². The molecule has 3 atom stereocenters. The lowest BCUT2D eigenvalue weighted by molar-refractivity contribution is -0.177. The van der Waals surface area contributed by atoms with Crippen molar-refractivity contribution < 1.29 is 33.3 Å². The molecule has 3 unspecified atom stereocenters. The second-order valence-corrected chi connectivity index (χ2v) is 25.0. The van der Waals surface area contributed by atoms with Gasteiger partial charge in [-0.25, -0.2) is 4.79 Å². The molecule has 5 aromatic carbocycles. The summed E-state index contributed by atoms with van der Waals surface area (Å²) in [4.78, 5) is 45.4. The van der Waals surface area contributed by atoms with Gasteiger partial charge >= 0.3 is 5.97 Å². The predicted octanol–water partition coefficient (Wildman–Crippen LogP) is 10.1. The van der Waals surface area contributed by atoms with Gasteiger partial charge < -0.3 is 39.4 Å². The van der Waals surface area contributed by atoms with E-state index in [1.165, 1.54) is 0 Å². The Labute approximate surface area is 412 Å². The highest BCUT2D eigenvalue weighted by atomic mass is 28.4.